The number of nitrogens with zero attached hydrogens (tertiary/aromatic N) is 3. The van der Waals surface area contributed by atoms with Crippen LogP contribution in [0.3, 0.4) is 0 Å². The van der Waals surface area contributed by atoms with E-state index in [4.69, 9.17) is 0 Å². The second-order valence-electron chi connectivity index (χ2n) is 7.02. The lowest BCUT2D eigenvalue weighted by molar-refractivity contribution is 0.425. The zero-order valence-corrected chi connectivity index (χ0v) is 17.2. The standard InChI is InChI=1S/C21H20FN3O4S/c1-3-25(30(2,28)29)19-15-5-4-10-23-18(15)20(26)17-16(19)12-24(21(17)27)11-13-6-8-14(22)9-7-13/h4-10,12,26-27H,3,11H2,1-2H3. The number of hydrogen-bond donors (Lipinski definition) is 2. The van der Waals surface area contributed by atoms with Crippen molar-refractivity contribution in [3.63, 3.8) is 0 Å². The topological polar surface area (TPSA) is 95.7 Å². The van der Waals surface area contributed by atoms with E-state index in [1.165, 1.54) is 27.2 Å². The van der Waals surface area contributed by atoms with Crippen LogP contribution in [-0.4, -0.2) is 41.0 Å². The summed E-state index contributed by atoms with van der Waals surface area (Å²) in [7, 11) is -3.64. The molecule has 2 aromatic heterocycles. The number of benzene rings is 2. The Morgan fingerprint density at radius 2 is 1.83 bits per heavy atom. The first-order valence-corrected chi connectivity index (χ1v) is 11.1. The first kappa shape index (κ1) is 20.0. The maximum Gasteiger partial charge on any atom is 0.232 e. The highest BCUT2D eigenvalue weighted by Gasteiger charge is 2.27. The molecule has 0 aliphatic rings. The number of sulfonamides is 1. The molecular formula is C21H20FN3O4S. The van der Waals surface area contributed by atoms with E-state index in [1.54, 1.807) is 37.4 Å². The van der Waals surface area contributed by atoms with Crippen LogP contribution in [-0.2, 0) is 16.6 Å². The molecule has 30 heavy (non-hydrogen) atoms. The van der Waals surface area contributed by atoms with E-state index in [-0.39, 0.29) is 41.4 Å². The first-order valence-electron chi connectivity index (χ1n) is 9.26. The molecule has 156 valence electrons. The van der Waals surface area contributed by atoms with Gasteiger partial charge >= 0.3 is 0 Å². The minimum atomic E-state index is -3.64. The van der Waals surface area contributed by atoms with Crippen LogP contribution in [0.2, 0.25) is 0 Å². The molecule has 0 saturated carbocycles. The third-order valence-corrected chi connectivity index (χ3v) is 6.27. The maximum atomic E-state index is 13.2. The SMILES string of the molecule is CCN(c1c2cccnc2c(O)c2c(O)n(Cc3ccc(F)cc3)cc12)S(C)(=O)=O. The van der Waals surface area contributed by atoms with E-state index < -0.39 is 10.0 Å². The molecular weight excluding hydrogens is 409 g/mol. The molecule has 0 amide bonds. The quantitative estimate of drug-likeness (QED) is 0.506. The second-order valence-corrected chi connectivity index (χ2v) is 8.93. The van der Waals surface area contributed by atoms with Gasteiger partial charge in [0.25, 0.3) is 0 Å². The van der Waals surface area contributed by atoms with E-state index in [0.29, 0.717) is 16.5 Å². The summed E-state index contributed by atoms with van der Waals surface area (Å²) in [6.07, 6.45) is 4.18. The monoisotopic (exact) mass is 429 g/mol. The molecule has 2 N–H and O–H groups in total. The van der Waals surface area contributed by atoms with Crippen molar-refractivity contribution in [2.45, 2.75) is 13.5 Å². The van der Waals surface area contributed by atoms with Gasteiger partial charge in [0.2, 0.25) is 15.9 Å². The van der Waals surface area contributed by atoms with Gasteiger partial charge in [-0.1, -0.05) is 12.1 Å². The molecule has 0 fully saturated rings. The smallest absolute Gasteiger partial charge is 0.232 e. The number of anilines is 1. The summed E-state index contributed by atoms with van der Waals surface area (Å²) in [5.41, 5.74) is 1.26. The Balaban J connectivity index is 2.05. The van der Waals surface area contributed by atoms with Gasteiger partial charge in [-0.25, -0.2) is 12.8 Å². The average Bonchev–Trinajstić information content (AvgIpc) is 3.02. The normalized spacial score (nSPS) is 12.0. The Hall–Kier alpha value is -3.33. The summed E-state index contributed by atoms with van der Waals surface area (Å²) in [5.74, 6) is -0.834. The van der Waals surface area contributed by atoms with Gasteiger partial charge in [0.05, 0.1) is 23.9 Å². The van der Waals surface area contributed by atoms with Crippen LogP contribution in [0.4, 0.5) is 10.1 Å². The molecule has 0 aliphatic heterocycles. The van der Waals surface area contributed by atoms with Gasteiger partial charge in [-0.05, 0) is 36.8 Å². The van der Waals surface area contributed by atoms with Crippen LogP contribution >= 0.6 is 0 Å². The molecule has 0 radical (unpaired) electrons. The number of rotatable bonds is 5. The molecule has 2 aromatic carbocycles. The molecule has 4 aromatic rings. The molecule has 0 atom stereocenters. The molecule has 7 nitrogen and oxygen atoms in total. The van der Waals surface area contributed by atoms with E-state index >= 15 is 0 Å². The van der Waals surface area contributed by atoms with Crippen molar-refractivity contribution in [1.29, 1.82) is 0 Å². The number of pyridine rings is 1. The molecule has 9 heteroatoms. The van der Waals surface area contributed by atoms with Crippen LogP contribution in [0.15, 0.2) is 48.8 Å². The lowest BCUT2D eigenvalue weighted by Crippen LogP contribution is -2.29. The zero-order valence-electron chi connectivity index (χ0n) is 16.4. The Morgan fingerprint density at radius 1 is 1.13 bits per heavy atom. The highest BCUT2D eigenvalue weighted by Crippen LogP contribution is 2.46. The molecule has 0 unspecified atom stereocenters. The number of aromatic hydroxyl groups is 2. The lowest BCUT2D eigenvalue weighted by Gasteiger charge is -2.23. The van der Waals surface area contributed by atoms with Gasteiger partial charge in [-0.15, -0.1) is 0 Å². The highest BCUT2D eigenvalue weighted by molar-refractivity contribution is 7.92. The Labute approximate surface area is 172 Å². The molecule has 2 heterocycles. The third-order valence-electron chi connectivity index (χ3n) is 5.03. The second kappa shape index (κ2) is 7.17. The number of fused-ring (bicyclic) bond motifs is 2. The lowest BCUT2D eigenvalue weighted by atomic mass is 10.1. The van der Waals surface area contributed by atoms with E-state index in [1.807, 2.05) is 0 Å². The molecule has 0 spiro atoms. The van der Waals surface area contributed by atoms with Gasteiger partial charge in [0.15, 0.2) is 5.75 Å². The number of halogens is 1. The van der Waals surface area contributed by atoms with E-state index in [2.05, 4.69) is 4.98 Å². The van der Waals surface area contributed by atoms with Gasteiger partial charge in [0.1, 0.15) is 11.3 Å². The number of phenolic OH excluding ortho intramolecular Hbond substituents is 1. The van der Waals surface area contributed by atoms with Crippen molar-refractivity contribution in [3.8, 4) is 11.6 Å². The summed E-state index contributed by atoms with van der Waals surface area (Å²) in [6.45, 7) is 2.07. The average molecular weight is 429 g/mol. The minimum Gasteiger partial charge on any atom is -0.505 e. The van der Waals surface area contributed by atoms with Crippen molar-refractivity contribution in [1.82, 2.24) is 9.55 Å². The maximum absolute atomic E-state index is 13.2. The summed E-state index contributed by atoms with van der Waals surface area (Å²) in [4.78, 5) is 4.20. The fourth-order valence-corrected chi connectivity index (χ4v) is 4.74. The Kier molecular flexibility index (Phi) is 4.77. The zero-order chi connectivity index (χ0) is 21.6. The van der Waals surface area contributed by atoms with Gasteiger partial charge < -0.3 is 14.8 Å². The molecule has 0 saturated heterocycles. The first-order chi connectivity index (χ1) is 14.2. The van der Waals surface area contributed by atoms with Gasteiger partial charge in [0, 0.05) is 29.7 Å². The van der Waals surface area contributed by atoms with Crippen LogP contribution in [0.25, 0.3) is 21.7 Å². The summed E-state index contributed by atoms with van der Waals surface area (Å²) in [6, 6.07) is 9.15. The highest BCUT2D eigenvalue weighted by atomic mass is 32.2. The number of hydrogen-bond acceptors (Lipinski definition) is 5. The molecule has 0 bridgehead atoms. The van der Waals surface area contributed by atoms with Crippen LogP contribution in [0.1, 0.15) is 12.5 Å². The predicted molar refractivity (Wildman–Crippen MR) is 114 cm³/mol. The Morgan fingerprint density at radius 3 is 2.47 bits per heavy atom. The predicted octanol–water partition coefficient (Wildman–Crippen LogP) is 3.57. The van der Waals surface area contributed by atoms with Crippen molar-refractivity contribution < 1.29 is 23.0 Å². The summed E-state index contributed by atoms with van der Waals surface area (Å²) >= 11 is 0. The largest absolute Gasteiger partial charge is 0.505 e. The van der Waals surface area contributed by atoms with Crippen molar-refractivity contribution in [2.24, 2.45) is 0 Å². The number of phenols is 1. The van der Waals surface area contributed by atoms with Crippen LogP contribution in [0, 0.1) is 5.82 Å². The van der Waals surface area contributed by atoms with Crippen LogP contribution in [0.5, 0.6) is 11.6 Å². The molecule has 4 rings (SSSR count). The summed E-state index contributed by atoms with van der Waals surface area (Å²) < 4.78 is 40.9. The van der Waals surface area contributed by atoms with E-state index in [0.717, 1.165) is 11.8 Å². The Bertz CT molecular complexity index is 1370. The third kappa shape index (κ3) is 3.21. The minimum absolute atomic E-state index is 0.111. The van der Waals surface area contributed by atoms with Crippen molar-refractivity contribution in [3.05, 3.63) is 60.2 Å². The summed E-state index contributed by atoms with van der Waals surface area (Å²) in [5, 5.41) is 22.6. The van der Waals surface area contributed by atoms with Gasteiger partial charge in [-0.2, -0.15) is 0 Å². The van der Waals surface area contributed by atoms with Crippen molar-refractivity contribution in [2.75, 3.05) is 17.1 Å². The molecule has 0 aliphatic carbocycles. The number of aromatic nitrogens is 2. The van der Waals surface area contributed by atoms with Crippen LogP contribution < -0.4 is 4.31 Å². The van der Waals surface area contributed by atoms with Crippen molar-refractivity contribution >= 4 is 37.4 Å². The fraction of sp³-hybridized carbons (Fsp3) is 0.190. The fourth-order valence-electron chi connectivity index (χ4n) is 3.74. The van der Waals surface area contributed by atoms with Gasteiger partial charge in [-0.3, -0.25) is 9.29 Å². The van der Waals surface area contributed by atoms with E-state index in [9.17, 15) is 23.0 Å².